The Morgan fingerprint density at radius 1 is 0.724 bits per heavy atom. The highest BCUT2D eigenvalue weighted by Crippen LogP contribution is 2.45. The van der Waals surface area contributed by atoms with Crippen LogP contribution in [0.2, 0.25) is 0 Å². The summed E-state index contributed by atoms with van der Waals surface area (Å²) >= 11 is 0. The van der Waals surface area contributed by atoms with E-state index >= 15 is 0 Å². The lowest BCUT2D eigenvalue weighted by atomic mass is 9.79. The van der Waals surface area contributed by atoms with E-state index < -0.39 is 0 Å². The number of aryl methyl sites for hydroxylation is 1. The standard InChI is InChI=1S/C28H25N/c1-21-13-16-25(17-14-21)29(26-18-15-22-8-3-4-10-24(22)20-26)28(2)19-7-11-23-9-5-6-12-27(23)28/h3-18,20H,19H2,1-2H3. The second kappa shape index (κ2) is 6.93. The van der Waals surface area contributed by atoms with E-state index in [1.165, 1.54) is 38.8 Å². The van der Waals surface area contributed by atoms with Crippen LogP contribution in [0.3, 0.4) is 0 Å². The first-order valence-electron chi connectivity index (χ1n) is 10.3. The van der Waals surface area contributed by atoms with Crippen molar-refractivity contribution in [3.63, 3.8) is 0 Å². The molecule has 1 aliphatic rings. The monoisotopic (exact) mass is 375 g/mol. The third-order valence-corrected chi connectivity index (χ3v) is 6.13. The topological polar surface area (TPSA) is 3.24 Å². The van der Waals surface area contributed by atoms with Gasteiger partial charge in [0.15, 0.2) is 0 Å². The van der Waals surface area contributed by atoms with Crippen molar-refractivity contribution in [2.75, 3.05) is 4.90 Å². The molecule has 0 bridgehead atoms. The quantitative estimate of drug-likeness (QED) is 0.356. The smallest absolute Gasteiger partial charge is 0.0714 e. The molecule has 4 aromatic carbocycles. The fraction of sp³-hybridized carbons (Fsp3) is 0.143. The molecular formula is C28H25N. The Morgan fingerprint density at radius 3 is 2.24 bits per heavy atom. The van der Waals surface area contributed by atoms with E-state index in [-0.39, 0.29) is 5.54 Å². The molecule has 4 aromatic rings. The third-order valence-electron chi connectivity index (χ3n) is 6.13. The first kappa shape index (κ1) is 17.8. The average molecular weight is 376 g/mol. The molecule has 0 aromatic heterocycles. The van der Waals surface area contributed by atoms with E-state index in [1.807, 2.05) is 0 Å². The lowest BCUT2D eigenvalue weighted by Crippen LogP contribution is -2.42. The lowest BCUT2D eigenvalue weighted by molar-refractivity contribution is 0.483. The number of hydrogen-bond acceptors (Lipinski definition) is 1. The normalized spacial score (nSPS) is 17.9. The maximum Gasteiger partial charge on any atom is 0.0714 e. The summed E-state index contributed by atoms with van der Waals surface area (Å²) in [4.78, 5) is 2.52. The average Bonchev–Trinajstić information content (AvgIpc) is 2.76. The molecule has 29 heavy (non-hydrogen) atoms. The molecule has 142 valence electrons. The molecule has 1 aliphatic carbocycles. The van der Waals surface area contributed by atoms with Gasteiger partial charge in [0, 0.05) is 11.4 Å². The van der Waals surface area contributed by atoms with Crippen molar-refractivity contribution in [1.82, 2.24) is 0 Å². The van der Waals surface area contributed by atoms with Crippen LogP contribution in [0.1, 0.15) is 30.0 Å². The second-order valence-corrected chi connectivity index (χ2v) is 8.17. The Bertz CT molecular complexity index is 1200. The lowest BCUT2D eigenvalue weighted by Gasteiger charge is -2.45. The van der Waals surface area contributed by atoms with Crippen LogP contribution in [0.25, 0.3) is 16.8 Å². The van der Waals surface area contributed by atoms with Crippen LogP contribution in [0, 0.1) is 6.92 Å². The number of benzene rings is 4. The molecule has 0 heterocycles. The van der Waals surface area contributed by atoms with E-state index in [1.54, 1.807) is 0 Å². The molecule has 0 saturated heterocycles. The molecule has 0 radical (unpaired) electrons. The van der Waals surface area contributed by atoms with E-state index in [9.17, 15) is 0 Å². The summed E-state index contributed by atoms with van der Waals surface area (Å²) in [6.07, 6.45) is 5.53. The maximum atomic E-state index is 2.52. The highest BCUT2D eigenvalue weighted by molar-refractivity contribution is 5.87. The fourth-order valence-corrected chi connectivity index (χ4v) is 4.60. The van der Waals surface area contributed by atoms with Crippen molar-refractivity contribution in [3.05, 3.63) is 114 Å². The van der Waals surface area contributed by atoms with Crippen LogP contribution in [0.5, 0.6) is 0 Å². The fourth-order valence-electron chi connectivity index (χ4n) is 4.60. The summed E-state index contributed by atoms with van der Waals surface area (Å²) in [5.74, 6) is 0. The molecule has 0 aliphatic heterocycles. The number of anilines is 2. The minimum Gasteiger partial charge on any atom is -0.331 e. The third kappa shape index (κ3) is 3.03. The largest absolute Gasteiger partial charge is 0.331 e. The summed E-state index contributed by atoms with van der Waals surface area (Å²) in [6.45, 7) is 4.51. The summed E-state index contributed by atoms with van der Waals surface area (Å²) in [5, 5.41) is 2.54. The van der Waals surface area contributed by atoms with Crippen LogP contribution in [-0.2, 0) is 5.54 Å². The van der Waals surface area contributed by atoms with Gasteiger partial charge in [-0.3, -0.25) is 0 Å². The first-order chi connectivity index (χ1) is 14.1. The molecule has 1 atom stereocenters. The highest BCUT2D eigenvalue weighted by Gasteiger charge is 2.37. The van der Waals surface area contributed by atoms with Gasteiger partial charge in [-0.1, -0.05) is 84.4 Å². The second-order valence-electron chi connectivity index (χ2n) is 8.17. The first-order valence-corrected chi connectivity index (χ1v) is 10.3. The van der Waals surface area contributed by atoms with Crippen molar-refractivity contribution in [2.45, 2.75) is 25.8 Å². The van der Waals surface area contributed by atoms with Crippen molar-refractivity contribution in [3.8, 4) is 0 Å². The van der Waals surface area contributed by atoms with Crippen molar-refractivity contribution in [1.29, 1.82) is 0 Å². The van der Waals surface area contributed by atoms with Crippen LogP contribution in [0.15, 0.2) is 97.1 Å². The van der Waals surface area contributed by atoms with Gasteiger partial charge >= 0.3 is 0 Å². The number of fused-ring (bicyclic) bond motifs is 2. The molecular weight excluding hydrogens is 350 g/mol. The van der Waals surface area contributed by atoms with Gasteiger partial charge < -0.3 is 4.90 Å². The summed E-state index contributed by atoms with van der Waals surface area (Å²) in [5.41, 5.74) is 6.23. The van der Waals surface area contributed by atoms with Crippen molar-refractivity contribution in [2.24, 2.45) is 0 Å². The van der Waals surface area contributed by atoms with Gasteiger partial charge in [-0.25, -0.2) is 0 Å². The molecule has 0 fully saturated rings. The molecule has 0 amide bonds. The predicted molar refractivity (Wildman–Crippen MR) is 125 cm³/mol. The van der Waals surface area contributed by atoms with E-state index in [4.69, 9.17) is 0 Å². The van der Waals surface area contributed by atoms with Crippen LogP contribution in [-0.4, -0.2) is 0 Å². The zero-order valence-electron chi connectivity index (χ0n) is 17.0. The molecule has 0 N–H and O–H groups in total. The van der Waals surface area contributed by atoms with E-state index in [0.717, 1.165) is 6.42 Å². The Hall–Kier alpha value is -3.32. The molecule has 0 saturated carbocycles. The number of hydrogen-bond donors (Lipinski definition) is 0. The van der Waals surface area contributed by atoms with Gasteiger partial charge in [-0.05, 0) is 66.4 Å². The highest BCUT2D eigenvalue weighted by atomic mass is 15.2. The molecule has 5 rings (SSSR count). The number of rotatable bonds is 3. The van der Waals surface area contributed by atoms with E-state index in [2.05, 4.69) is 122 Å². The Balaban J connectivity index is 1.74. The van der Waals surface area contributed by atoms with Crippen molar-refractivity contribution >= 4 is 28.2 Å². The van der Waals surface area contributed by atoms with Gasteiger partial charge in [0.2, 0.25) is 0 Å². The van der Waals surface area contributed by atoms with Gasteiger partial charge in [-0.15, -0.1) is 0 Å². The predicted octanol–water partition coefficient (Wildman–Crippen LogP) is 7.62. The maximum absolute atomic E-state index is 2.52. The SMILES string of the molecule is Cc1ccc(N(c2ccc3ccccc3c2)C2(C)CC=Cc3ccccc32)cc1. The van der Waals surface area contributed by atoms with Gasteiger partial charge in [-0.2, -0.15) is 0 Å². The van der Waals surface area contributed by atoms with Crippen LogP contribution >= 0.6 is 0 Å². The van der Waals surface area contributed by atoms with Crippen LogP contribution in [0.4, 0.5) is 11.4 Å². The molecule has 1 unspecified atom stereocenters. The van der Waals surface area contributed by atoms with Crippen LogP contribution < -0.4 is 4.90 Å². The van der Waals surface area contributed by atoms with E-state index in [0.29, 0.717) is 0 Å². The Labute approximate surface area is 172 Å². The molecule has 1 heteroatoms. The summed E-state index contributed by atoms with van der Waals surface area (Å²) in [7, 11) is 0. The molecule has 1 nitrogen and oxygen atoms in total. The van der Waals surface area contributed by atoms with Gasteiger partial charge in [0.05, 0.1) is 5.54 Å². The Kier molecular flexibility index (Phi) is 4.24. The summed E-state index contributed by atoms with van der Waals surface area (Å²) in [6, 6.07) is 33.1. The number of nitrogens with zero attached hydrogens (tertiary/aromatic N) is 1. The van der Waals surface area contributed by atoms with Gasteiger partial charge in [0.25, 0.3) is 0 Å². The summed E-state index contributed by atoms with van der Waals surface area (Å²) < 4.78 is 0. The zero-order chi connectivity index (χ0) is 19.8. The minimum absolute atomic E-state index is 0.164. The zero-order valence-corrected chi connectivity index (χ0v) is 17.0. The van der Waals surface area contributed by atoms with Gasteiger partial charge in [0.1, 0.15) is 0 Å². The minimum atomic E-state index is -0.164. The Morgan fingerprint density at radius 2 is 1.41 bits per heavy atom. The molecule has 0 spiro atoms. The van der Waals surface area contributed by atoms with Crippen molar-refractivity contribution < 1.29 is 0 Å².